The van der Waals surface area contributed by atoms with Gasteiger partial charge in [0.25, 0.3) is 10.0 Å². The van der Waals surface area contributed by atoms with Gasteiger partial charge < -0.3 is 0 Å². The van der Waals surface area contributed by atoms with E-state index in [4.69, 9.17) is 0 Å². The van der Waals surface area contributed by atoms with Crippen LogP contribution in [0.2, 0.25) is 0 Å². The highest BCUT2D eigenvalue weighted by Gasteiger charge is 2.47. The molecule has 0 spiro atoms. The van der Waals surface area contributed by atoms with Gasteiger partial charge >= 0.3 is 0 Å². The molecule has 3 rings (SSSR count). The molecular formula is C12H16BrNO2S3. The first-order valence-electron chi connectivity index (χ1n) is 6.34. The molecule has 7 heteroatoms. The maximum Gasteiger partial charge on any atom is 0.253 e. The molecule has 2 atom stereocenters. The molecule has 3 heterocycles. The van der Waals surface area contributed by atoms with Crippen molar-refractivity contribution in [2.45, 2.75) is 47.2 Å². The summed E-state index contributed by atoms with van der Waals surface area (Å²) in [5.74, 6) is 0. The molecule has 0 radical (unpaired) electrons. The Morgan fingerprint density at radius 2 is 1.95 bits per heavy atom. The van der Waals surface area contributed by atoms with Crippen molar-refractivity contribution in [3.8, 4) is 0 Å². The average molecular weight is 382 g/mol. The van der Waals surface area contributed by atoms with E-state index in [0.29, 0.717) is 9.46 Å². The molecule has 3 nitrogen and oxygen atoms in total. The number of sulfonamides is 1. The fourth-order valence-corrected chi connectivity index (χ4v) is 8.04. The van der Waals surface area contributed by atoms with Crippen LogP contribution in [0.25, 0.3) is 0 Å². The molecule has 0 aliphatic carbocycles. The number of thiophene rings is 1. The summed E-state index contributed by atoms with van der Waals surface area (Å²) in [5.41, 5.74) is 0. The molecule has 2 saturated heterocycles. The van der Waals surface area contributed by atoms with Gasteiger partial charge in [-0.25, -0.2) is 8.42 Å². The Kier molecular flexibility index (Phi) is 4.03. The van der Waals surface area contributed by atoms with Crippen molar-refractivity contribution < 1.29 is 8.42 Å². The van der Waals surface area contributed by atoms with Gasteiger partial charge in [-0.05, 0) is 60.0 Å². The number of hydrogen-bond acceptors (Lipinski definition) is 4. The summed E-state index contributed by atoms with van der Waals surface area (Å²) in [5, 5.41) is 0.624. The molecule has 2 aliphatic rings. The fourth-order valence-electron chi connectivity index (χ4n) is 3.21. The minimum Gasteiger partial charge on any atom is -0.206 e. The van der Waals surface area contributed by atoms with Gasteiger partial charge in [0.1, 0.15) is 4.21 Å². The van der Waals surface area contributed by atoms with Crippen molar-refractivity contribution in [2.75, 3.05) is 6.26 Å². The molecule has 19 heavy (non-hydrogen) atoms. The summed E-state index contributed by atoms with van der Waals surface area (Å²) in [7, 11) is -3.30. The van der Waals surface area contributed by atoms with Gasteiger partial charge in [-0.15, -0.1) is 11.3 Å². The highest BCUT2D eigenvalue weighted by Crippen LogP contribution is 2.43. The second kappa shape index (κ2) is 5.33. The predicted molar refractivity (Wildman–Crippen MR) is 84.4 cm³/mol. The SMILES string of the molecule is CSC1CC2CCC(C1)N2S(=O)(=O)c1ccc(Br)s1. The van der Waals surface area contributed by atoms with Crippen LogP contribution in [-0.2, 0) is 10.0 Å². The molecule has 2 bridgehead atoms. The van der Waals surface area contributed by atoms with Crippen molar-refractivity contribution in [1.82, 2.24) is 4.31 Å². The van der Waals surface area contributed by atoms with Crippen LogP contribution in [0.5, 0.6) is 0 Å². The molecule has 106 valence electrons. The van der Waals surface area contributed by atoms with Gasteiger partial charge in [0.2, 0.25) is 0 Å². The second-order valence-electron chi connectivity index (χ2n) is 5.11. The van der Waals surface area contributed by atoms with E-state index in [1.54, 1.807) is 10.4 Å². The smallest absolute Gasteiger partial charge is 0.206 e. The maximum absolute atomic E-state index is 12.8. The van der Waals surface area contributed by atoms with Crippen molar-refractivity contribution in [3.05, 3.63) is 15.9 Å². The lowest BCUT2D eigenvalue weighted by atomic mass is 10.1. The van der Waals surface area contributed by atoms with Crippen molar-refractivity contribution in [3.63, 3.8) is 0 Å². The Morgan fingerprint density at radius 3 is 2.42 bits per heavy atom. The van der Waals surface area contributed by atoms with E-state index in [1.807, 2.05) is 17.8 Å². The van der Waals surface area contributed by atoms with E-state index < -0.39 is 10.0 Å². The summed E-state index contributed by atoms with van der Waals surface area (Å²) >= 11 is 6.54. The topological polar surface area (TPSA) is 37.4 Å². The van der Waals surface area contributed by atoms with Crippen LogP contribution in [0.15, 0.2) is 20.1 Å². The molecule has 0 aromatic carbocycles. The molecule has 0 amide bonds. The van der Waals surface area contributed by atoms with E-state index in [-0.39, 0.29) is 12.1 Å². The molecule has 2 fully saturated rings. The number of halogens is 1. The van der Waals surface area contributed by atoms with E-state index in [2.05, 4.69) is 22.2 Å². The molecule has 1 aromatic heterocycles. The highest BCUT2D eigenvalue weighted by molar-refractivity contribution is 9.11. The van der Waals surface area contributed by atoms with E-state index in [9.17, 15) is 8.42 Å². The van der Waals surface area contributed by atoms with E-state index >= 15 is 0 Å². The normalized spacial score (nSPS) is 31.8. The fraction of sp³-hybridized carbons (Fsp3) is 0.667. The Balaban J connectivity index is 1.91. The molecule has 0 N–H and O–H groups in total. The van der Waals surface area contributed by atoms with Gasteiger partial charge in [-0.1, -0.05) is 0 Å². The number of nitrogens with zero attached hydrogens (tertiary/aromatic N) is 1. The van der Waals surface area contributed by atoms with Gasteiger partial charge in [-0.2, -0.15) is 16.1 Å². The molecule has 0 saturated carbocycles. The minimum absolute atomic E-state index is 0.210. The summed E-state index contributed by atoms with van der Waals surface area (Å²) in [6.07, 6.45) is 6.18. The number of fused-ring (bicyclic) bond motifs is 2. The largest absolute Gasteiger partial charge is 0.253 e. The Hall–Kier alpha value is 0.440. The number of rotatable bonds is 3. The van der Waals surface area contributed by atoms with E-state index in [1.165, 1.54) is 11.3 Å². The zero-order valence-corrected chi connectivity index (χ0v) is 14.6. The minimum atomic E-state index is -3.30. The summed E-state index contributed by atoms with van der Waals surface area (Å²) < 4.78 is 28.7. The highest BCUT2D eigenvalue weighted by atomic mass is 79.9. The molecule has 2 unspecified atom stereocenters. The third-order valence-corrected chi connectivity index (χ3v) is 9.18. The standard InChI is InChI=1S/C12H16BrNO2S3/c1-17-10-6-8-2-3-9(7-10)14(8)19(15,16)12-5-4-11(13)18-12/h4-5,8-10H,2-3,6-7H2,1H3. The van der Waals surface area contributed by atoms with Gasteiger partial charge in [0.15, 0.2) is 0 Å². The van der Waals surface area contributed by atoms with Crippen molar-refractivity contribution in [2.24, 2.45) is 0 Å². The van der Waals surface area contributed by atoms with Crippen LogP contribution < -0.4 is 0 Å². The molecular weight excluding hydrogens is 366 g/mol. The van der Waals surface area contributed by atoms with Crippen molar-refractivity contribution in [1.29, 1.82) is 0 Å². The molecule has 1 aromatic rings. The monoisotopic (exact) mass is 381 g/mol. The second-order valence-corrected chi connectivity index (χ2v) is 10.8. The van der Waals surface area contributed by atoms with Gasteiger partial charge in [0, 0.05) is 17.3 Å². The van der Waals surface area contributed by atoms with Crippen LogP contribution in [0, 0.1) is 0 Å². The first-order valence-corrected chi connectivity index (χ1v) is 10.7. The first kappa shape index (κ1) is 14.4. The summed E-state index contributed by atoms with van der Waals surface area (Å²) in [4.78, 5) is 0. The Bertz CT molecular complexity index is 557. The maximum atomic E-state index is 12.8. The van der Waals surface area contributed by atoms with Crippen LogP contribution >= 0.6 is 39.0 Å². The van der Waals surface area contributed by atoms with Crippen LogP contribution in [-0.4, -0.2) is 36.3 Å². The number of thioether (sulfide) groups is 1. The zero-order chi connectivity index (χ0) is 13.6. The Labute approximate surface area is 130 Å². The number of hydrogen-bond donors (Lipinski definition) is 0. The van der Waals surface area contributed by atoms with Crippen molar-refractivity contribution >= 4 is 49.1 Å². The predicted octanol–water partition coefficient (Wildman–Crippen LogP) is 3.56. The van der Waals surface area contributed by atoms with Crippen LogP contribution in [0.4, 0.5) is 0 Å². The van der Waals surface area contributed by atoms with E-state index in [0.717, 1.165) is 29.5 Å². The van der Waals surface area contributed by atoms with Gasteiger partial charge in [-0.3, -0.25) is 0 Å². The molecule has 2 aliphatic heterocycles. The third kappa shape index (κ3) is 2.52. The lowest BCUT2D eigenvalue weighted by Crippen LogP contribution is -2.46. The quantitative estimate of drug-likeness (QED) is 0.802. The zero-order valence-electron chi connectivity index (χ0n) is 10.6. The first-order chi connectivity index (χ1) is 9.02. The summed E-state index contributed by atoms with van der Waals surface area (Å²) in [6.45, 7) is 0. The Morgan fingerprint density at radius 1 is 1.32 bits per heavy atom. The summed E-state index contributed by atoms with van der Waals surface area (Å²) in [6, 6.07) is 3.95. The third-order valence-electron chi connectivity index (χ3n) is 4.04. The lowest BCUT2D eigenvalue weighted by molar-refractivity contribution is 0.254. The van der Waals surface area contributed by atoms with Crippen LogP contribution in [0.3, 0.4) is 0 Å². The number of piperidine rings is 1. The van der Waals surface area contributed by atoms with Gasteiger partial charge in [0.05, 0.1) is 3.79 Å². The average Bonchev–Trinajstić information content (AvgIpc) is 2.92. The lowest BCUT2D eigenvalue weighted by Gasteiger charge is -2.36. The van der Waals surface area contributed by atoms with Crippen LogP contribution in [0.1, 0.15) is 25.7 Å².